The van der Waals surface area contributed by atoms with Crippen molar-refractivity contribution in [1.29, 1.82) is 0 Å². The lowest BCUT2D eigenvalue weighted by Crippen LogP contribution is -2.23. The van der Waals surface area contributed by atoms with Gasteiger partial charge in [0.2, 0.25) is 0 Å². The van der Waals surface area contributed by atoms with E-state index in [1.54, 1.807) is 0 Å². The summed E-state index contributed by atoms with van der Waals surface area (Å²) in [5, 5.41) is 18.9. The Morgan fingerprint density at radius 1 is 0.889 bits per heavy atom. The van der Waals surface area contributed by atoms with Crippen LogP contribution in [0.15, 0.2) is 54.6 Å². The number of ether oxygens (including phenoxy) is 1. The molecule has 2 rings (SSSR count). The van der Waals surface area contributed by atoms with E-state index in [4.69, 9.17) is 4.74 Å². The average molecular weight is 244 g/mol. The van der Waals surface area contributed by atoms with Crippen LogP contribution in [0, 0.1) is 6.92 Å². The first-order chi connectivity index (χ1) is 8.68. The third kappa shape index (κ3) is 2.88. The molecule has 3 heteroatoms. The molecule has 2 aromatic carbocycles. The van der Waals surface area contributed by atoms with Crippen molar-refractivity contribution in [2.45, 2.75) is 19.3 Å². The molecule has 0 aliphatic rings. The van der Waals surface area contributed by atoms with Gasteiger partial charge in [-0.05, 0) is 24.1 Å². The fourth-order valence-corrected chi connectivity index (χ4v) is 1.77. The quantitative estimate of drug-likeness (QED) is 0.812. The Kier molecular flexibility index (Phi) is 3.97. The molecule has 3 nitrogen and oxygen atoms in total. The van der Waals surface area contributed by atoms with Crippen molar-refractivity contribution in [3.63, 3.8) is 0 Å². The summed E-state index contributed by atoms with van der Waals surface area (Å²) < 4.78 is 5.69. The highest BCUT2D eigenvalue weighted by molar-refractivity contribution is 5.33. The standard InChI is InChI=1S/C15H16O3/c1-11-7-5-6-10-13(11)18-14(15(16)17)12-8-3-2-4-9-12/h2-10,14-17H,1H3. The largest absolute Gasteiger partial charge is 0.480 e. The molecule has 18 heavy (non-hydrogen) atoms. The van der Waals surface area contributed by atoms with Crippen molar-refractivity contribution in [3.05, 3.63) is 65.7 Å². The van der Waals surface area contributed by atoms with Gasteiger partial charge in [0, 0.05) is 0 Å². The Morgan fingerprint density at radius 2 is 1.50 bits per heavy atom. The second-order valence-corrected chi connectivity index (χ2v) is 4.13. The second-order valence-electron chi connectivity index (χ2n) is 4.13. The number of aliphatic hydroxyl groups is 2. The molecule has 2 N–H and O–H groups in total. The zero-order chi connectivity index (χ0) is 13.0. The van der Waals surface area contributed by atoms with Gasteiger partial charge in [0.1, 0.15) is 5.75 Å². The third-order valence-corrected chi connectivity index (χ3v) is 2.75. The average Bonchev–Trinajstić information content (AvgIpc) is 2.38. The Hall–Kier alpha value is -1.84. The minimum atomic E-state index is -1.56. The molecular formula is C15H16O3. The number of aryl methyl sites for hydroxylation is 1. The molecule has 0 saturated heterocycles. The first-order valence-electron chi connectivity index (χ1n) is 5.82. The van der Waals surface area contributed by atoms with Crippen LogP contribution in [0.25, 0.3) is 0 Å². The minimum Gasteiger partial charge on any atom is -0.480 e. The van der Waals surface area contributed by atoms with Crippen LogP contribution in [0.4, 0.5) is 0 Å². The van der Waals surface area contributed by atoms with E-state index in [0.29, 0.717) is 5.75 Å². The van der Waals surface area contributed by atoms with Gasteiger partial charge in [-0.25, -0.2) is 0 Å². The summed E-state index contributed by atoms with van der Waals surface area (Å²) in [6.45, 7) is 1.92. The highest BCUT2D eigenvalue weighted by Gasteiger charge is 2.21. The molecule has 0 aliphatic carbocycles. The fourth-order valence-electron chi connectivity index (χ4n) is 1.77. The first kappa shape index (κ1) is 12.6. The molecule has 2 aromatic rings. The van der Waals surface area contributed by atoms with Crippen LogP contribution in [-0.2, 0) is 0 Å². The Labute approximate surface area is 106 Å². The monoisotopic (exact) mass is 244 g/mol. The maximum absolute atomic E-state index is 9.45. The summed E-state index contributed by atoms with van der Waals surface area (Å²) in [5.41, 5.74) is 1.69. The summed E-state index contributed by atoms with van der Waals surface area (Å²) in [4.78, 5) is 0. The number of rotatable bonds is 4. The van der Waals surface area contributed by atoms with Crippen molar-refractivity contribution >= 4 is 0 Å². The van der Waals surface area contributed by atoms with Gasteiger partial charge in [0.15, 0.2) is 12.4 Å². The molecule has 94 valence electrons. The van der Waals surface area contributed by atoms with Crippen LogP contribution in [0.3, 0.4) is 0 Å². The molecule has 0 fully saturated rings. The molecule has 1 atom stereocenters. The van der Waals surface area contributed by atoms with E-state index >= 15 is 0 Å². The van der Waals surface area contributed by atoms with Gasteiger partial charge in [0.25, 0.3) is 0 Å². The molecule has 0 bridgehead atoms. The maximum atomic E-state index is 9.45. The highest BCUT2D eigenvalue weighted by Crippen LogP contribution is 2.26. The zero-order valence-electron chi connectivity index (χ0n) is 10.2. The number of hydrogen-bond acceptors (Lipinski definition) is 3. The molecule has 0 spiro atoms. The molecule has 0 saturated carbocycles. The van der Waals surface area contributed by atoms with Crippen LogP contribution < -0.4 is 4.74 Å². The lowest BCUT2D eigenvalue weighted by atomic mass is 10.1. The smallest absolute Gasteiger partial charge is 0.194 e. The fraction of sp³-hybridized carbons (Fsp3) is 0.200. The molecular weight excluding hydrogens is 228 g/mol. The van der Waals surface area contributed by atoms with E-state index in [2.05, 4.69) is 0 Å². The number of para-hydroxylation sites is 1. The van der Waals surface area contributed by atoms with E-state index in [-0.39, 0.29) is 0 Å². The van der Waals surface area contributed by atoms with E-state index in [1.807, 2.05) is 61.5 Å². The number of benzene rings is 2. The van der Waals surface area contributed by atoms with Gasteiger partial charge in [0.05, 0.1) is 0 Å². The lowest BCUT2D eigenvalue weighted by molar-refractivity contribution is -0.114. The molecule has 0 amide bonds. The summed E-state index contributed by atoms with van der Waals surface area (Å²) in [7, 11) is 0. The van der Waals surface area contributed by atoms with E-state index in [0.717, 1.165) is 11.1 Å². The number of aliphatic hydroxyl groups excluding tert-OH is 1. The molecule has 1 unspecified atom stereocenters. The predicted molar refractivity (Wildman–Crippen MR) is 69.2 cm³/mol. The van der Waals surface area contributed by atoms with Crippen molar-refractivity contribution < 1.29 is 14.9 Å². The summed E-state index contributed by atoms with van der Waals surface area (Å²) in [5.74, 6) is 0.652. The normalized spacial score (nSPS) is 12.4. The van der Waals surface area contributed by atoms with Gasteiger partial charge in [-0.3, -0.25) is 0 Å². The van der Waals surface area contributed by atoms with Crippen LogP contribution in [-0.4, -0.2) is 16.5 Å². The Morgan fingerprint density at radius 3 is 2.11 bits per heavy atom. The lowest BCUT2D eigenvalue weighted by Gasteiger charge is -2.22. The minimum absolute atomic E-state index is 0.652. The van der Waals surface area contributed by atoms with Gasteiger partial charge in [-0.1, -0.05) is 48.5 Å². The molecule has 0 radical (unpaired) electrons. The van der Waals surface area contributed by atoms with E-state index in [1.165, 1.54) is 0 Å². The van der Waals surface area contributed by atoms with Gasteiger partial charge >= 0.3 is 0 Å². The first-order valence-corrected chi connectivity index (χ1v) is 5.82. The van der Waals surface area contributed by atoms with Gasteiger partial charge in [-0.15, -0.1) is 0 Å². The van der Waals surface area contributed by atoms with Crippen LogP contribution in [0.1, 0.15) is 17.2 Å². The summed E-state index contributed by atoms with van der Waals surface area (Å²) in [6.07, 6.45) is -2.35. The zero-order valence-corrected chi connectivity index (χ0v) is 10.2. The molecule has 0 aliphatic heterocycles. The maximum Gasteiger partial charge on any atom is 0.194 e. The predicted octanol–water partition coefficient (Wildman–Crippen LogP) is 2.43. The van der Waals surface area contributed by atoms with Crippen molar-refractivity contribution in [1.82, 2.24) is 0 Å². The Balaban J connectivity index is 2.26. The molecule has 0 heterocycles. The number of hydrogen-bond donors (Lipinski definition) is 2. The van der Waals surface area contributed by atoms with Gasteiger partial charge < -0.3 is 14.9 Å². The highest BCUT2D eigenvalue weighted by atomic mass is 16.6. The third-order valence-electron chi connectivity index (χ3n) is 2.75. The summed E-state index contributed by atoms with van der Waals surface area (Å²) in [6, 6.07) is 16.7. The van der Waals surface area contributed by atoms with Crippen LogP contribution >= 0.6 is 0 Å². The van der Waals surface area contributed by atoms with Crippen molar-refractivity contribution in [2.75, 3.05) is 0 Å². The Bertz CT molecular complexity index is 494. The van der Waals surface area contributed by atoms with Gasteiger partial charge in [-0.2, -0.15) is 0 Å². The SMILES string of the molecule is Cc1ccccc1OC(c1ccccc1)C(O)O. The van der Waals surface area contributed by atoms with Crippen LogP contribution in [0.2, 0.25) is 0 Å². The van der Waals surface area contributed by atoms with E-state index < -0.39 is 12.4 Å². The topological polar surface area (TPSA) is 49.7 Å². The molecule has 0 aromatic heterocycles. The van der Waals surface area contributed by atoms with E-state index in [9.17, 15) is 10.2 Å². The van der Waals surface area contributed by atoms with Crippen LogP contribution in [0.5, 0.6) is 5.75 Å². The van der Waals surface area contributed by atoms with Crippen molar-refractivity contribution in [2.24, 2.45) is 0 Å². The second kappa shape index (κ2) is 5.67. The van der Waals surface area contributed by atoms with Crippen molar-refractivity contribution in [3.8, 4) is 5.75 Å². The summed E-state index contributed by atoms with van der Waals surface area (Å²) >= 11 is 0.